The maximum atomic E-state index is 4.77. The van der Waals surface area contributed by atoms with Crippen LogP contribution in [0, 0.1) is 0 Å². The van der Waals surface area contributed by atoms with Gasteiger partial charge in [0.2, 0.25) is 0 Å². The first kappa shape index (κ1) is 11.1. The van der Waals surface area contributed by atoms with Crippen LogP contribution in [0.15, 0.2) is 60.0 Å². The Morgan fingerprint density at radius 2 is 1.89 bits per heavy atom. The topological polar surface area (TPSA) is 17.3 Å². The molecule has 2 heteroatoms. The van der Waals surface area contributed by atoms with Gasteiger partial charge in [0.1, 0.15) is 0 Å². The van der Waals surface area contributed by atoms with E-state index in [1.54, 1.807) is 0 Å². The number of nitrogens with zero attached hydrogens (tertiary/aromatic N) is 2. The molecule has 0 atom stereocenters. The summed E-state index contributed by atoms with van der Waals surface area (Å²) in [6.45, 7) is 3.26. The number of fused-ring (bicyclic) bond motifs is 1. The monoisotopic (exact) mass is 237 g/mol. The molecule has 1 aliphatic carbocycles. The SMILES string of the molecule is CCCCN1C(=C2C=CC=C2)[N-]c2ccccc21. The molecule has 1 heterocycles. The lowest BCUT2D eigenvalue weighted by Crippen LogP contribution is -2.20. The van der Waals surface area contributed by atoms with Gasteiger partial charge in [-0.05, 0) is 23.5 Å². The summed E-state index contributed by atoms with van der Waals surface area (Å²) >= 11 is 0. The molecule has 0 amide bonds. The highest BCUT2D eigenvalue weighted by molar-refractivity contribution is 5.85. The van der Waals surface area contributed by atoms with Crippen molar-refractivity contribution in [3.05, 3.63) is 65.3 Å². The van der Waals surface area contributed by atoms with E-state index in [4.69, 9.17) is 5.32 Å². The fourth-order valence-electron chi connectivity index (χ4n) is 2.36. The molecule has 1 aliphatic heterocycles. The van der Waals surface area contributed by atoms with Crippen molar-refractivity contribution in [1.82, 2.24) is 0 Å². The number of unbranched alkanes of at least 4 members (excludes halogenated alkanes) is 1. The molecule has 0 bridgehead atoms. The predicted octanol–water partition coefficient (Wildman–Crippen LogP) is 4.65. The Morgan fingerprint density at radius 1 is 1.11 bits per heavy atom. The molecular weight excluding hydrogens is 220 g/mol. The molecule has 0 fully saturated rings. The summed E-state index contributed by atoms with van der Waals surface area (Å²) in [5.41, 5.74) is 3.54. The van der Waals surface area contributed by atoms with Crippen LogP contribution in [0.5, 0.6) is 0 Å². The average Bonchev–Trinajstić information content (AvgIpc) is 3.03. The van der Waals surface area contributed by atoms with E-state index >= 15 is 0 Å². The van der Waals surface area contributed by atoms with Crippen molar-refractivity contribution < 1.29 is 0 Å². The molecule has 0 aromatic heterocycles. The zero-order chi connectivity index (χ0) is 12.4. The van der Waals surface area contributed by atoms with Crippen molar-refractivity contribution in [1.29, 1.82) is 0 Å². The Bertz CT molecular complexity index is 524. The molecule has 3 rings (SSSR count). The van der Waals surface area contributed by atoms with Gasteiger partial charge < -0.3 is 10.2 Å². The first-order chi connectivity index (χ1) is 8.90. The van der Waals surface area contributed by atoms with Gasteiger partial charge >= 0.3 is 0 Å². The van der Waals surface area contributed by atoms with E-state index in [0.29, 0.717) is 0 Å². The predicted molar refractivity (Wildman–Crippen MR) is 77.0 cm³/mol. The van der Waals surface area contributed by atoms with Crippen molar-refractivity contribution >= 4 is 11.4 Å². The average molecular weight is 237 g/mol. The molecule has 2 aliphatic rings. The van der Waals surface area contributed by atoms with Gasteiger partial charge in [-0.25, -0.2) is 0 Å². The number of hydrogen-bond acceptors (Lipinski definition) is 1. The maximum absolute atomic E-state index is 4.77. The van der Waals surface area contributed by atoms with Gasteiger partial charge in [-0.15, -0.1) is 0 Å². The third kappa shape index (κ3) is 1.84. The minimum atomic E-state index is 1.04. The van der Waals surface area contributed by atoms with Crippen LogP contribution in [-0.4, -0.2) is 6.54 Å². The van der Waals surface area contributed by atoms with E-state index in [1.165, 1.54) is 24.1 Å². The third-order valence-electron chi connectivity index (χ3n) is 3.31. The van der Waals surface area contributed by atoms with E-state index in [0.717, 1.165) is 18.1 Å². The first-order valence-corrected chi connectivity index (χ1v) is 6.57. The van der Waals surface area contributed by atoms with E-state index in [2.05, 4.69) is 54.3 Å². The van der Waals surface area contributed by atoms with Gasteiger partial charge in [-0.3, -0.25) is 0 Å². The summed E-state index contributed by atoms with van der Waals surface area (Å²) in [4.78, 5) is 2.34. The summed E-state index contributed by atoms with van der Waals surface area (Å²) in [5, 5.41) is 4.77. The van der Waals surface area contributed by atoms with Crippen LogP contribution in [0.1, 0.15) is 19.8 Å². The van der Waals surface area contributed by atoms with E-state index in [9.17, 15) is 0 Å². The van der Waals surface area contributed by atoms with Crippen LogP contribution in [0.3, 0.4) is 0 Å². The fourth-order valence-corrected chi connectivity index (χ4v) is 2.36. The highest BCUT2D eigenvalue weighted by Gasteiger charge is 2.15. The second kappa shape index (κ2) is 4.73. The molecule has 0 N–H and O–H groups in total. The highest BCUT2D eigenvalue weighted by atomic mass is 15.3. The van der Waals surface area contributed by atoms with Crippen molar-refractivity contribution in [2.75, 3.05) is 11.4 Å². The summed E-state index contributed by atoms with van der Waals surface area (Å²) in [5.74, 6) is 1.09. The minimum Gasteiger partial charge on any atom is -0.443 e. The van der Waals surface area contributed by atoms with E-state index in [1.807, 2.05) is 6.07 Å². The summed E-state index contributed by atoms with van der Waals surface area (Å²) in [6.07, 6.45) is 10.8. The number of allylic oxidation sites excluding steroid dienone is 5. The highest BCUT2D eigenvalue weighted by Crippen LogP contribution is 2.46. The molecule has 18 heavy (non-hydrogen) atoms. The van der Waals surface area contributed by atoms with Crippen LogP contribution in [0.4, 0.5) is 11.4 Å². The molecule has 0 saturated heterocycles. The standard InChI is InChI=1S/C16H17N2/c1-2-3-12-18-15-11-7-6-10-14(15)17-16(18)13-8-4-5-9-13/h4-11H,2-3,12H2,1H3/q-1. The quantitative estimate of drug-likeness (QED) is 0.748. The molecule has 1 aromatic rings. The summed E-state index contributed by atoms with van der Waals surface area (Å²) in [6, 6.07) is 8.38. The smallest absolute Gasteiger partial charge is 0.0265 e. The Labute approximate surface area is 108 Å². The number of hydrogen-bond donors (Lipinski definition) is 0. The molecule has 0 saturated carbocycles. The van der Waals surface area contributed by atoms with Crippen LogP contribution in [0.25, 0.3) is 5.32 Å². The van der Waals surface area contributed by atoms with Gasteiger partial charge in [0.05, 0.1) is 0 Å². The molecule has 1 aromatic carbocycles. The zero-order valence-electron chi connectivity index (χ0n) is 10.6. The van der Waals surface area contributed by atoms with Crippen LogP contribution in [-0.2, 0) is 0 Å². The molecule has 2 nitrogen and oxygen atoms in total. The van der Waals surface area contributed by atoms with E-state index < -0.39 is 0 Å². The number of para-hydroxylation sites is 2. The van der Waals surface area contributed by atoms with Crippen molar-refractivity contribution in [3.63, 3.8) is 0 Å². The van der Waals surface area contributed by atoms with Gasteiger partial charge in [-0.2, -0.15) is 0 Å². The Hall–Kier alpha value is -1.96. The van der Waals surface area contributed by atoms with Gasteiger partial charge in [0, 0.05) is 0 Å². The Kier molecular flexibility index (Phi) is 2.93. The third-order valence-corrected chi connectivity index (χ3v) is 3.31. The van der Waals surface area contributed by atoms with Gasteiger partial charge in [0.15, 0.2) is 0 Å². The van der Waals surface area contributed by atoms with E-state index in [-0.39, 0.29) is 0 Å². The molecule has 0 unspecified atom stereocenters. The lowest BCUT2D eigenvalue weighted by atomic mass is 10.2. The molecule has 92 valence electrons. The Balaban J connectivity index is 2.00. The largest absolute Gasteiger partial charge is 0.443 e. The molecular formula is C16H17N2-. The summed E-state index contributed by atoms with van der Waals surface area (Å²) in [7, 11) is 0. The fraction of sp³-hybridized carbons (Fsp3) is 0.250. The van der Waals surface area contributed by atoms with Gasteiger partial charge in [0.25, 0.3) is 0 Å². The van der Waals surface area contributed by atoms with Gasteiger partial charge in [-0.1, -0.05) is 74.2 Å². The number of rotatable bonds is 3. The maximum Gasteiger partial charge on any atom is -0.0265 e. The molecule has 0 radical (unpaired) electrons. The normalized spacial score (nSPS) is 16.4. The van der Waals surface area contributed by atoms with Crippen LogP contribution < -0.4 is 4.90 Å². The van der Waals surface area contributed by atoms with Crippen molar-refractivity contribution in [3.8, 4) is 0 Å². The Morgan fingerprint density at radius 3 is 2.67 bits per heavy atom. The molecule has 0 spiro atoms. The lowest BCUT2D eigenvalue weighted by Gasteiger charge is -2.31. The first-order valence-electron chi connectivity index (χ1n) is 6.57. The zero-order valence-corrected chi connectivity index (χ0v) is 10.6. The number of benzene rings is 1. The van der Waals surface area contributed by atoms with Crippen LogP contribution in [0.2, 0.25) is 0 Å². The van der Waals surface area contributed by atoms with Crippen molar-refractivity contribution in [2.45, 2.75) is 19.8 Å². The lowest BCUT2D eigenvalue weighted by molar-refractivity contribution is 0.776. The van der Waals surface area contributed by atoms with Crippen molar-refractivity contribution in [2.24, 2.45) is 0 Å². The second-order valence-corrected chi connectivity index (χ2v) is 4.60. The second-order valence-electron chi connectivity index (χ2n) is 4.60. The van der Waals surface area contributed by atoms with Crippen LogP contribution >= 0.6 is 0 Å². The minimum absolute atomic E-state index is 1.04. The summed E-state index contributed by atoms with van der Waals surface area (Å²) < 4.78 is 0. The number of anilines is 1.